The van der Waals surface area contributed by atoms with Gasteiger partial charge in [0.1, 0.15) is 6.04 Å². The van der Waals surface area contributed by atoms with Crippen molar-refractivity contribution in [3.8, 4) is 0 Å². The zero-order chi connectivity index (χ0) is 24.6. The Morgan fingerprint density at radius 2 is 1.67 bits per heavy atom. The molecule has 2 amide bonds. The van der Waals surface area contributed by atoms with E-state index in [1.54, 1.807) is 6.92 Å². The lowest BCUT2D eigenvalue weighted by Gasteiger charge is -2.30. The Labute approximate surface area is 201 Å². The minimum atomic E-state index is -3.90. The molecule has 2 aromatic carbocycles. The van der Waals surface area contributed by atoms with Crippen LogP contribution in [0.3, 0.4) is 0 Å². The molecule has 33 heavy (non-hydrogen) atoms. The molecule has 0 aliphatic rings. The molecule has 0 saturated carbocycles. The summed E-state index contributed by atoms with van der Waals surface area (Å²) in [4.78, 5) is 27.4. The lowest BCUT2D eigenvalue weighted by molar-refractivity contribution is -0.140. The maximum Gasteiger partial charge on any atom is 0.243 e. The molecule has 1 unspecified atom stereocenters. The molecular formula is C24H32ClN3O4S. The summed E-state index contributed by atoms with van der Waals surface area (Å²) in [5, 5.41) is 3.27. The average Bonchev–Trinajstić information content (AvgIpc) is 2.78. The number of carbonyl (C=O) groups is 2. The summed E-state index contributed by atoms with van der Waals surface area (Å²) in [6, 6.07) is 12.6. The van der Waals surface area contributed by atoms with E-state index in [-0.39, 0.29) is 17.3 Å². The standard InChI is InChI=1S/C24H32ClN3O4S/c1-5-6-15-26-24(30)19(3)28(16-20-9-7-18(2)8-10-20)23(29)17-27(4)33(31,32)22-13-11-21(25)12-14-22/h7-14,19H,5-6,15-17H2,1-4H3,(H,26,30). The van der Waals surface area contributed by atoms with Gasteiger partial charge >= 0.3 is 0 Å². The SMILES string of the molecule is CCCCNC(=O)C(C)N(Cc1ccc(C)cc1)C(=O)CN(C)S(=O)(=O)c1ccc(Cl)cc1. The van der Waals surface area contributed by atoms with Gasteiger partial charge in [-0.05, 0) is 50.1 Å². The van der Waals surface area contributed by atoms with E-state index in [2.05, 4.69) is 5.32 Å². The molecule has 2 rings (SSSR count). The molecule has 0 fully saturated rings. The highest BCUT2D eigenvalue weighted by atomic mass is 35.5. The van der Waals surface area contributed by atoms with Gasteiger partial charge in [-0.3, -0.25) is 9.59 Å². The summed E-state index contributed by atoms with van der Waals surface area (Å²) >= 11 is 5.86. The van der Waals surface area contributed by atoms with Crippen LogP contribution in [0.1, 0.15) is 37.8 Å². The van der Waals surface area contributed by atoms with E-state index in [0.717, 1.165) is 28.3 Å². The van der Waals surface area contributed by atoms with Crippen LogP contribution >= 0.6 is 11.6 Å². The van der Waals surface area contributed by atoms with Crippen LogP contribution in [0.4, 0.5) is 0 Å². The van der Waals surface area contributed by atoms with Crippen molar-refractivity contribution in [2.75, 3.05) is 20.1 Å². The molecule has 0 spiro atoms. The molecule has 180 valence electrons. The monoisotopic (exact) mass is 493 g/mol. The summed E-state index contributed by atoms with van der Waals surface area (Å²) < 4.78 is 26.8. The number of amides is 2. The van der Waals surface area contributed by atoms with Crippen LogP contribution < -0.4 is 5.32 Å². The predicted molar refractivity (Wildman–Crippen MR) is 130 cm³/mol. The third kappa shape index (κ3) is 7.55. The molecule has 0 heterocycles. The molecule has 1 atom stereocenters. The number of hydrogen-bond donors (Lipinski definition) is 1. The average molecular weight is 494 g/mol. The number of hydrogen-bond acceptors (Lipinski definition) is 4. The van der Waals surface area contributed by atoms with Crippen molar-refractivity contribution < 1.29 is 18.0 Å². The third-order valence-corrected chi connectivity index (χ3v) is 7.42. The predicted octanol–water partition coefficient (Wildman–Crippen LogP) is 3.60. The van der Waals surface area contributed by atoms with Crippen molar-refractivity contribution in [1.29, 1.82) is 0 Å². The summed E-state index contributed by atoms with van der Waals surface area (Å²) in [5.74, 6) is -0.735. The maximum atomic E-state index is 13.3. The molecule has 0 radical (unpaired) electrons. The minimum absolute atomic E-state index is 0.0395. The normalized spacial score (nSPS) is 12.4. The number of carbonyl (C=O) groups excluding carboxylic acids is 2. The molecule has 0 aromatic heterocycles. The third-order valence-electron chi connectivity index (χ3n) is 5.35. The second-order valence-corrected chi connectivity index (χ2v) is 10.5. The maximum absolute atomic E-state index is 13.3. The summed E-state index contributed by atoms with van der Waals surface area (Å²) in [6.45, 7) is 5.96. The number of halogens is 1. The largest absolute Gasteiger partial charge is 0.354 e. The molecule has 2 aromatic rings. The first-order valence-corrected chi connectivity index (χ1v) is 12.7. The quantitative estimate of drug-likeness (QED) is 0.484. The highest BCUT2D eigenvalue weighted by molar-refractivity contribution is 7.89. The van der Waals surface area contributed by atoms with E-state index < -0.39 is 28.5 Å². The van der Waals surface area contributed by atoms with E-state index in [9.17, 15) is 18.0 Å². The van der Waals surface area contributed by atoms with E-state index in [1.165, 1.54) is 36.2 Å². The van der Waals surface area contributed by atoms with Crippen LogP contribution in [0.2, 0.25) is 5.02 Å². The second-order valence-electron chi connectivity index (χ2n) is 8.04. The van der Waals surface area contributed by atoms with Crippen molar-refractivity contribution in [2.24, 2.45) is 0 Å². The Hall–Kier alpha value is -2.42. The van der Waals surface area contributed by atoms with E-state index >= 15 is 0 Å². The van der Waals surface area contributed by atoms with Crippen LogP contribution in [0.25, 0.3) is 0 Å². The van der Waals surface area contributed by atoms with Gasteiger partial charge in [-0.2, -0.15) is 4.31 Å². The molecule has 0 aliphatic heterocycles. The van der Waals surface area contributed by atoms with Gasteiger partial charge in [0.15, 0.2) is 0 Å². The van der Waals surface area contributed by atoms with Crippen molar-refractivity contribution in [2.45, 2.75) is 51.1 Å². The highest BCUT2D eigenvalue weighted by Gasteiger charge is 2.30. The van der Waals surface area contributed by atoms with Gasteiger partial charge in [0.2, 0.25) is 21.8 Å². The Balaban J connectivity index is 2.22. The number of benzene rings is 2. The smallest absolute Gasteiger partial charge is 0.243 e. The topological polar surface area (TPSA) is 86.8 Å². The lowest BCUT2D eigenvalue weighted by Crippen LogP contribution is -2.50. The number of rotatable bonds is 11. The van der Waals surface area contributed by atoms with Gasteiger partial charge in [-0.25, -0.2) is 8.42 Å². The number of unbranched alkanes of at least 4 members (excludes halogenated alkanes) is 1. The number of sulfonamides is 1. The summed E-state index contributed by atoms with van der Waals surface area (Å²) in [5.41, 5.74) is 1.93. The lowest BCUT2D eigenvalue weighted by atomic mass is 10.1. The molecule has 9 heteroatoms. The van der Waals surface area contributed by atoms with Gasteiger partial charge in [-0.15, -0.1) is 0 Å². The van der Waals surface area contributed by atoms with Crippen molar-refractivity contribution in [3.63, 3.8) is 0 Å². The Morgan fingerprint density at radius 3 is 2.24 bits per heavy atom. The second kappa shape index (κ2) is 12.2. The molecule has 0 aliphatic carbocycles. The Bertz CT molecular complexity index is 1040. The highest BCUT2D eigenvalue weighted by Crippen LogP contribution is 2.18. The van der Waals surface area contributed by atoms with Crippen molar-refractivity contribution >= 4 is 33.4 Å². The van der Waals surface area contributed by atoms with E-state index in [4.69, 9.17) is 11.6 Å². The number of nitrogens with zero attached hydrogens (tertiary/aromatic N) is 2. The Morgan fingerprint density at radius 1 is 1.06 bits per heavy atom. The van der Waals surface area contributed by atoms with Crippen LogP contribution in [-0.2, 0) is 26.2 Å². The first-order chi connectivity index (χ1) is 15.6. The van der Waals surface area contributed by atoms with Crippen LogP contribution in [-0.4, -0.2) is 55.6 Å². The van der Waals surface area contributed by atoms with Crippen LogP contribution in [0.5, 0.6) is 0 Å². The fourth-order valence-electron chi connectivity index (χ4n) is 3.16. The van der Waals surface area contributed by atoms with Gasteiger partial charge in [0.25, 0.3) is 0 Å². The Kier molecular flexibility index (Phi) is 9.88. The number of aryl methyl sites for hydroxylation is 1. The summed E-state index contributed by atoms with van der Waals surface area (Å²) in [7, 11) is -2.55. The fourth-order valence-corrected chi connectivity index (χ4v) is 4.41. The molecule has 1 N–H and O–H groups in total. The van der Waals surface area contributed by atoms with Crippen LogP contribution in [0.15, 0.2) is 53.4 Å². The first-order valence-electron chi connectivity index (χ1n) is 10.9. The molecular weight excluding hydrogens is 462 g/mol. The van der Waals surface area contributed by atoms with Crippen LogP contribution in [0, 0.1) is 6.92 Å². The van der Waals surface area contributed by atoms with Gasteiger partial charge in [0.05, 0.1) is 11.4 Å². The first kappa shape index (κ1) is 26.8. The minimum Gasteiger partial charge on any atom is -0.354 e. The molecule has 7 nitrogen and oxygen atoms in total. The summed E-state index contributed by atoms with van der Waals surface area (Å²) in [6.07, 6.45) is 1.78. The van der Waals surface area contributed by atoms with Crippen molar-refractivity contribution in [3.05, 3.63) is 64.7 Å². The zero-order valence-electron chi connectivity index (χ0n) is 19.5. The van der Waals surface area contributed by atoms with Gasteiger partial charge in [0, 0.05) is 25.2 Å². The fraction of sp³-hybridized carbons (Fsp3) is 0.417. The van der Waals surface area contributed by atoms with Crippen molar-refractivity contribution in [1.82, 2.24) is 14.5 Å². The molecule has 0 bridgehead atoms. The zero-order valence-corrected chi connectivity index (χ0v) is 21.1. The molecule has 0 saturated heterocycles. The van der Waals surface area contributed by atoms with E-state index in [0.29, 0.717) is 11.6 Å². The van der Waals surface area contributed by atoms with Gasteiger partial charge in [-0.1, -0.05) is 54.8 Å². The van der Waals surface area contributed by atoms with E-state index in [1.807, 2.05) is 38.1 Å². The number of nitrogens with one attached hydrogen (secondary N) is 1. The van der Waals surface area contributed by atoms with Gasteiger partial charge < -0.3 is 10.2 Å². The number of likely N-dealkylation sites (N-methyl/N-ethyl adjacent to an activating group) is 1.